The first-order valence-corrected chi connectivity index (χ1v) is 4.17. The van der Waals surface area contributed by atoms with Crippen molar-refractivity contribution in [2.24, 2.45) is 0 Å². The van der Waals surface area contributed by atoms with E-state index in [4.69, 9.17) is 0 Å². The lowest BCUT2D eigenvalue weighted by Gasteiger charge is -1.48. The maximum Gasteiger partial charge on any atom is 0.000281 e. The van der Waals surface area contributed by atoms with Gasteiger partial charge in [0, 0.05) is 5.33 Å². The SMILES string of the molecule is CCBr.c1cc2cc-2c1. The Kier molecular flexibility index (Phi) is 2.29. The van der Waals surface area contributed by atoms with E-state index in [2.05, 4.69) is 40.2 Å². The molecule has 0 saturated heterocycles. The molecule has 0 amide bonds. The number of benzene rings is 1. The molecule has 0 N–H and O–H groups in total. The number of fused-ring (bicyclic) bond motifs is 1. The molecule has 0 radical (unpaired) electrons. The van der Waals surface area contributed by atoms with Crippen LogP contribution < -0.4 is 0 Å². The third kappa shape index (κ3) is 1.83. The van der Waals surface area contributed by atoms with Gasteiger partial charge in [0.1, 0.15) is 0 Å². The molecule has 0 fully saturated rings. The van der Waals surface area contributed by atoms with Crippen molar-refractivity contribution < 1.29 is 0 Å². The molecule has 0 aromatic heterocycles. The summed E-state index contributed by atoms with van der Waals surface area (Å²) in [7, 11) is 0. The molecule has 0 aromatic rings. The van der Waals surface area contributed by atoms with Crippen molar-refractivity contribution in [3.05, 3.63) is 24.3 Å². The van der Waals surface area contributed by atoms with E-state index in [0.717, 1.165) is 5.33 Å². The van der Waals surface area contributed by atoms with Crippen molar-refractivity contribution in [2.75, 3.05) is 5.33 Å². The van der Waals surface area contributed by atoms with E-state index in [1.54, 1.807) is 0 Å². The highest BCUT2D eigenvalue weighted by atomic mass is 79.9. The Bertz CT molecular complexity index is 176. The van der Waals surface area contributed by atoms with Crippen LogP contribution in [-0.4, -0.2) is 5.33 Å². The van der Waals surface area contributed by atoms with Crippen LogP contribution in [0.15, 0.2) is 24.3 Å². The van der Waals surface area contributed by atoms with Crippen molar-refractivity contribution in [2.45, 2.75) is 6.92 Å². The van der Waals surface area contributed by atoms with Gasteiger partial charge < -0.3 is 0 Å². The Hall–Kier alpha value is -0.300. The lowest BCUT2D eigenvalue weighted by atomic mass is 10.6. The molecular weight excluding hydrogens is 176 g/mol. The minimum Gasteiger partial charge on any atom is -0.0931 e. The number of rotatable bonds is 0. The maximum atomic E-state index is 3.15. The van der Waals surface area contributed by atoms with Crippen LogP contribution in [-0.2, 0) is 0 Å². The van der Waals surface area contributed by atoms with Crippen molar-refractivity contribution in [1.29, 1.82) is 0 Å². The lowest BCUT2D eigenvalue weighted by molar-refractivity contribution is 1.56. The van der Waals surface area contributed by atoms with Gasteiger partial charge in [-0.2, -0.15) is 0 Å². The molecule has 0 aliphatic heterocycles. The minimum atomic E-state index is 1.06. The molecule has 48 valence electrons. The predicted octanol–water partition coefficient (Wildman–Crippen LogP) is 3.07. The van der Waals surface area contributed by atoms with Crippen LogP contribution >= 0.6 is 15.9 Å². The Morgan fingerprint density at radius 3 is 1.89 bits per heavy atom. The zero-order chi connectivity index (χ0) is 6.69. The fourth-order valence-electron chi connectivity index (χ4n) is 0.676. The van der Waals surface area contributed by atoms with Crippen molar-refractivity contribution >= 4 is 15.9 Å². The van der Waals surface area contributed by atoms with E-state index in [9.17, 15) is 0 Å². The third-order valence-corrected chi connectivity index (χ3v) is 1.11. The Morgan fingerprint density at radius 1 is 1.33 bits per heavy atom. The smallest absolute Gasteiger partial charge is 0.000281 e. The van der Waals surface area contributed by atoms with Crippen LogP contribution in [0, 0.1) is 0 Å². The van der Waals surface area contributed by atoms with Crippen LogP contribution in [0.3, 0.4) is 0 Å². The highest BCUT2D eigenvalue weighted by Crippen LogP contribution is 2.32. The van der Waals surface area contributed by atoms with Gasteiger partial charge in [0.05, 0.1) is 0 Å². The van der Waals surface area contributed by atoms with Crippen LogP contribution in [0.5, 0.6) is 0 Å². The zero-order valence-electron chi connectivity index (χ0n) is 5.39. The molecule has 0 unspecified atom stereocenters. The first-order chi connectivity index (χ1) is 4.38. The number of halogens is 1. The highest BCUT2D eigenvalue weighted by molar-refractivity contribution is 9.09. The van der Waals surface area contributed by atoms with E-state index in [0.29, 0.717) is 0 Å². The molecule has 2 rings (SSSR count). The first kappa shape index (κ1) is 6.81. The number of hydrogen-bond acceptors (Lipinski definition) is 0. The fraction of sp³-hybridized carbons (Fsp3) is 0.250. The summed E-state index contributed by atoms with van der Waals surface area (Å²) < 4.78 is 0. The van der Waals surface area contributed by atoms with Crippen LogP contribution in [0.25, 0.3) is 11.1 Å². The second-order valence-electron chi connectivity index (χ2n) is 1.85. The summed E-state index contributed by atoms with van der Waals surface area (Å²) in [5.41, 5.74) is 2.85. The maximum absolute atomic E-state index is 3.15. The number of alkyl halides is 1. The van der Waals surface area contributed by atoms with Crippen LogP contribution in [0.1, 0.15) is 6.92 Å². The van der Waals surface area contributed by atoms with E-state index in [-0.39, 0.29) is 0 Å². The van der Waals surface area contributed by atoms with Crippen molar-refractivity contribution in [3.8, 4) is 11.1 Å². The van der Waals surface area contributed by atoms with Gasteiger partial charge in [-0.25, -0.2) is 0 Å². The van der Waals surface area contributed by atoms with Gasteiger partial charge in [-0.3, -0.25) is 0 Å². The van der Waals surface area contributed by atoms with Crippen LogP contribution in [0.4, 0.5) is 0 Å². The molecule has 0 atom stereocenters. The highest BCUT2D eigenvalue weighted by Gasteiger charge is 2.06. The summed E-state index contributed by atoms with van der Waals surface area (Å²) in [6.07, 6.45) is 0. The molecule has 1 heteroatoms. The van der Waals surface area contributed by atoms with Crippen molar-refractivity contribution in [3.63, 3.8) is 0 Å². The Balaban J connectivity index is 0.000000120. The Labute approximate surface area is 64.0 Å². The quantitative estimate of drug-likeness (QED) is 0.553. The summed E-state index contributed by atoms with van der Waals surface area (Å²) >= 11 is 3.15. The average molecular weight is 185 g/mol. The molecule has 9 heavy (non-hydrogen) atoms. The summed E-state index contributed by atoms with van der Waals surface area (Å²) in [6.45, 7) is 2.04. The van der Waals surface area contributed by atoms with Gasteiger partial charge in [-0.05, 0) is 17.2 Å². The molecule has 0 nitrogen and oxygen atoms in total. The fourth-order valence-corrected chi connectivity index (χ4v) is 0.676. The van der Waals surface area contributed by atoms with Gasteiger partial charge in [-0.15, -0.1) is 0 Å². The molecule has 2 aliphatic carbocycles. The molecule has 0 spiro atoms. The summed E-state index contributed by atoms with van der Waals surface area (Å²) in [4.78, 5) is 0. The van der Waals surface area contributed by atoms with Gasteiger partial charge >= 0.3 is 0 Å². The van der Waals surface area contributed by atoms with Crippen molar-refractivity contribution in [1.82, 2.24) is 0 Å². The van der Waals surface area contributed by atoms with E-state index < -0.39 is 0 Å². The summed E-state index contributed by atoms with van der Waals surface area (Å²) in [6, 6.07) is 8.48. The van der Waals surface area contributed by atoms with Gasteiger partial charge in [-0.1, -0.05) is 41.1 Å². The molecule has 0 bridgehead atoms. The first-order valence-electron chi connectivity index (χ1n) is 3.05. The predicted molar refractivity (Wildman–Crippen MR) is 44.9 cm³/mol. The van der Waals surface area contributed by atoms with Crippen LogP contribution in [0.2, 0.25) is 0 Å². The van der Waals surface area contributed by atoms with E-state index >= 15 is 0 Å². The second kappa shape index (κ2) is 3.02. The molecular formula is C8H9Br. The van der Waals surface area contributed by atoms with Gasteiger partial charge in [0.15, 0.2) is 0 Å². The summed E-state index contributed by atoms with van der Waals surface area (Å²) in [5, 5.41) is 1.06. The molecule has 2 aliphatic rings. The van der Waals surface area contributed by atoms with E-state index in [1.165, 1.54) is 11.1 Å². The van der Waals surface area contributed by atoms with E-state index in [1.807, 2.05) is 6.92 Å². The number of hydrogen-bond donors (Lipinski definition) is 0. The minimum absolute atomic E-state index is 1.06. The standard InChI is InChI=1S/C6H4.C2H5Br/c1-2-5-4-6(5)3-1;1-2-3/h1-4H;2H2,1H3. The average Bonchev–Trinajstić information content (AvgIpc) is 2.43. The Morgan fingerprint density at radius 2 is 1.78 bits per heavy atom. The summed E-state index contributed by atoms with van der Waals surface area (Å²) in [5.74, 6) is 0. The topological polar surface area (TPSA) is 0 Å². The second-order valence-corrected chi connectivity index (χ2v) is 2.97. The zero-order valence-corrected chi connectivity index (χ0v) is 6.98. The third-order valence-electron chi connectivity index (χ3n) is 1.11. The molecule has 0 saturated carbocycles. The molecule has 0 heterocycles. The normalized spacial score (nSPS) is 9.56. The molecule has 0 aromatic carbocycles. The van der Waals surface area contributed by atoms with Gasteiger partial charge in [0.2, 0.25) is 0 Å². The monoisotopic (exact) mass is 184 g/mol. The largest absolute Gasteiger partial charge is 0.0931 e. The lowest BCUT2D eigenvalue weighted by Crippen LogP contribution is -1.34. The van der Waals surface area contributed by atoms with Gasteiger partial charge in [0.25, 0.3) is 0 Å².